The lowest BCUT2D eigenvalue weighted by molar-refractivity contribution is -0.131. The molecule has 3 saturated heterocycles. The SMILES string of the molecule is C=C(F)C(=O)N1CCN(c2nc(OC[C@@]34CCCN3C[C@H](F)C4)nc3c(F)c(-c4cc(O)cc5cccc(CC)c45)ccc23)C[C@@H]1CC#N. The maximum Gasteiger partial charge on any atom is 0.319 e. The molecule has 12 heteroatoms. The van der Waals surface area contributed by atoms with E-state index in [9.17, 15) is 23.9 Å². The van der Waals surface area contributed by atoms with Crippen molar-refractivity contribution in [3.8, 4) is 29.0 Å². The van der Waals surface area contributed by atoms with Crippen molar-refractivity contribution in [1.82, 2.24) is 19.8 Å². The molecule has 4 aromatic rings. The van der Waals surface area contributed by atoms with Crippen LogP contribution in [0.15, 0.2) is 54.9 Å². The van der Waals surface area contributed by atoms with Gasteiger partial charge in [0.15, 0.2) is 11.6 Å². The summed E-state index contributed by atoms with van der Waals surface area (Å²) in [5, 5.41) is 22.2. The number of anilines is 1. The highest BCUT2D eigenvalue weighted by Gasteiger charge is 2.49. The van der Waals surface area contributed by atoms with Gasteiger partial charge >= 0.3 is 6.01 Å². The number of hydrogen-bond donors (Lipinski definition) is 1. The molecule has 0 bridgehead atoms. The van der Waals surface area contributed by atoms with Gasteiger partial charge in [0.2, 0.25) is 0 Å². The average molecular weight is 671 g/mol. The van der Waals surface area contributed by atoms with Gasteiger partial charge < -0.3 is 19.6 Å². The van der Waals surface area contributed by atoms with E-state index in [-0.39, 0.29) is 55.5 Å². The predicted molar refractivity (Wildman–Crippen MR) is 180 cm³/mol. The fraction of sp³-hybridized carbons (Fsp3) is 0.405. The first kappa shape index (κ1) is 32.6. The molecule has 0 spiro atoms. The number of nitrogens with zero attached hydrogens (tertiary/aromatic N) is 6. The summed E-state index contributed by atoms with van der Waals surface area (Å²) < 4.78 is 51.6. The molecule has 3 aliphatic heterocycles. The molecule has 49 heavy (non-hydrogen) atoms. The summed E-state index contributed by atoms with van der Waals surface area (Å²) >= 11 is 0. The lowest BCUT2D eigenvalue weighted by Crippen LogP contribution is -2.55. The highest BCUT2D eigenvalue weighted by Crippen LogP contribution is 2.42. The van der Waals surface area contributed by atoms with E-state index in [2.05, 4.69) is 22.5 Å². The molecule has 7 rings (SSSR count). The van der Waals surface area contributed by atoms with E-state index in [0.717, 1.165) is 35.7 Å². The number of carbonyl (C=O) groups is 1. The van der Waals surface area contributed by atoms with E-state index in [1.807, 2.05) is 30.0 Å². The Morgan fingerprint density at radius 2 is 2.00 bits per heavy atom. The number of amides is 1. The van der Waals surface area contributed by atoms with E-state index in [1.54, 1.807) is 24.3 Å². The normalized spacial score (nSPS) is 22.4. The van der Waals surface area contributed by atoms with Crippen LogP contribution >= 0.6 is 0 Å². The number of benzene rings is 3. The largest absolute Gasteiger partial charge is 0.508 e. The van der Waals surface area contributed by atoms with Crippen molar-refractivity contribution in [2.75, 3.05) is 44.2 Å². The standard InChI is InChI=1S/C37H37F3N6O3/c1-3-23-6-4-7-24-16-27(47)17-30(31(23)24)28-8-9-29-33(32(28)40)42-36(49-21-37-11-5-13-45(37)19-25(39)18-37)43-34(29)44-14-15-46(35(48)22(2)38)26(20-44)10-12-41/h4,6-9,16-17,25-26,47H,2-3,5,10-11,13-15,18-21H2,1H3/t25-,26+,37+/m1/s1. The number of nitriles is 1. The van der Waals surface area contributed by atoms with Gasteiger partial charge in [-0.1, -0.05) is 37.8 Å². The molecule has 9 nitrogen and oxygen atoms in total. The maximum atomic E-state index is 17.0. The number of piperazine rings is 1. The molecule has 1 aromatic heterocycles. The molecule has 0 aliphatic carbocycles. The summed E-state index contributed by atoms with van der Waals surface area (Å²) in [6.07, 6.45) is 1.70. The molecule has 1 N–H and O–H groups in total. The van der Waals surface area contributed by atoms with Crippen LogP contribution in [-0.2, 0) is 11.2 Å². The summed E-state index contributed by atoms with van der Waals surface area (Å²) in [6.45, 7) is 6.83. The number of halogens is 3. The van der Waals surface area contributed by atoms with Gasteiger partial charge in [-0.3, -0.25) is 9.69 Å². The number of rotatable bonds is 8. The van der Waals surface area contributed by atoms with E-state index in [0.29, 0.717) is 36.2 Å². The van der Waals surface area contributed by atoms with E-state index < -0.39 is 35.3 Å². The van der Waals surface area contributed by atoms with Crippen LogP contribution in [-0.4, -0.2) is 87.9 Å². The highest BCUT2D eigenvalue weighted by molar-refractivity contribution is 6.03. The number of hydrogen-bond acceptors (Lipinski definition) is 8. The third kappa shape index (κ3) is 5.80. The van der Waals surface area contributed by atoms with Crippen molar-refractivity contribution in [3.05, 3.63) is 66.3 Å². The Kier molecular flexibility index (Phi) is 8.57. The smallest absolute Gasteiger partial charge is 0.319 e. The fourth-order valence-corrected chi connectivity index (χ4v) is 8.03. The summed E-state index contributed by atoms with van der Waals surface area (Å²) in [6, 6.07) is 13.6. The molecule has 0 saturated carbocycles. The van der Waals surface area contributed by atoms with Crippen molar-refractivity contribution in [2.45, 2.75) is 56.8 Å². The molecule has 0 radical (unpaired) electrons. The lowest BCUT2D eigenvalue weighted by Gasteiger charge is -2.41. The fourth-order valence-electron chi connectivity index (χ4n) is 8.03. The van der Waals surface area contributed by atoms with Gasteiger partial charge in [-0.15, -0.1) is 0 Å². The van der Waals surface area contributed by atoms with Gasteiger partial charge in [-0.05, 0) is 65.9 Å². The first-order valence-corrected chi connectivity index (χ1v) is 16.7. The van der Waals surface area contributed by atoms with E-state index in [1.165, 1.54) is 4.90 Å². The van der Waals surface area contributed by atoms with Crippen LogP contribution in [0.5, 0.6) is 11.8 Å². The monoisotopic (exact) mass is 670 g/mol. The third-order valence-electron chi connectivity index (χ3n) is 10.3. The van der Waals surface area contributed by atoms with Crippen LogP contribution in [0.3, 0.4) is 0 Å². The molecule has 3 aliphatic rings. The number of ether oxygens (including phenoxy) is 1. The van der Waals surface area contributed by atoms with E-state index >= 15 is 4.39 Å². The molecular weight excluding hydrogens is 633 g/mol. The molecule has 0 unspecified atom stereocenters. The Hall–Kier alpha value is -4.89. The topological polar surface area (TPSA) is 106 Å². The second kappa shape index (κ2) is 12.9. The minimum atomic E-state index is -1.11. The van der Waals surface area contributed by atoms with Crippen LogP contribution in [0.4, 0.5) is 19.0 Å². The number of phenols is 1. The van der Waals surface area contributed by atoms with Crippen LogP contribution in [0.1, 0.15) is 38.2 Å². The molecule has 3 fully saturated rings. The molecular formula is C37H37F3N6O3. The predicted octanol–water partition coefficient (Wildman–Crippen LogP) is 6.23. The number of aryl methyl sites for hydroxylation is 1. The molecule has 3 aromatic carbocycles. The van der Waals surface area contributed by atoms with Crippen LogP contribution in [0.25, 0.3) is 32.8 Å². The third-order valence-corrected chi connectivity index (χ3v) is 10.3. The van der Waals surface area contributed by atoms with Gasteiger partial charge in [0.05, 0.1) is 24.1 Å². The Balaban J connectivity index is 1.35. The zero-order chi connectivity index (χ0) is 34.4. The summed E-state index contributed by atoms with van der Waals surface area (Å²) in [7, 11) is 0. The quantitative estimate of drug-likeness (QED) is 0.220. The number of alkyl halides is 1. The Morgan fingerprint density at radius 1 is 1.16 bits per heavy atom. The molecule has 254 valence electrons. The number of phenolic OH excluding ortho intramolecular Hbond substituents is 1. The second-order valence-corrected chi connectivity index (χ2v) is 13.2. The van der Waals surface area contributed by atoms with Gasteiger partial charge in [-0.25, -0.2) is 13.2 Å². The maximum absolute atomic E-state index is 17.0. The highest BCUT2D eigenvalue weighted by atomic mass is 19.1. The number of carbonyl (C=O) groups excluding carboxylic acids is 1. The molecule has 4 heterocycles. The zero-order valence-corrected chi connectivity index (χ0v) is 27.3. The zero-order valence-electron chi connectivity index (χ0n) is 27.3. The van der Waals surface area contributed by atoms with Crippen molar-refractivity contribution < 1.29 is 27.8 Å². The minimum absolute atomic E-state index is 0.00216. The van der Waals surface area contributed by atoms with Crippen LogP contribution in [0.2, 0.25) is 0 Å². The van der Waals surface area contributed by atoms with Gasteiger partial charge in [0, 0.05) is 43.5 Å². The first-order valence-electron chi connectivity index (χ1n) is 16.7. The van der Waals surface area contributed by atoms with Crippen molar-refractivity contribution in [1.29, 1.82) is 5.26 Å². The average Bonchev–Trinajstić information content (AvgIpc) is 3.62. The minimum Gasteiger partial charge on any atom is -0.508 e. The number of aromatic nitrogens is 2. The second-order valence-electron chi connectivity index (χ2n) is 13.2. The molecule has 1 amide bonds. The Labute approximate surface area is 282 Å². The number of aromatic hydroxyl groups is 1. The van der Waals surface area contributed by atoms with Gasteiger partial charge in [0.25, 0.3) is 5.91 Å². The summed E-state index contributed by atoms with van der Waals surface area (Å²) in [5.41, 5.74) is 1.25. The van der Waals surface area contributed by atoms with Crippen molar-refractivity contribution >= 4 is 33.4 Å². The number of fused-ring (bicyclic) bond motifs is 3. The van der Waals surface area contributed by atoms with Gasteiger partial charge in [0.1, 0.15) is 29.9 Å². The Bertz CT molecular complexity index is 2020. The van der Waals surface area contributed by atoms with Crippen molar-refractivity contribution in [2.24, 2.45) is 0 Å². The molecule has 3 atom stereocenters. The summed E-state index contributed by atoms with van der Waals surface area (Å²) in [4.78, 5) is 27.1. The lowest BCUT2D eigenvalue weighted by atomic mass is 9.92. The van der Waals surface area contributed by atoms with E-state index in [4.69, 9.17) is 9.72 Å². The van der Waals surface area contributed by atoms with Crippen LogP contribution in [0, 0.1) is 17.1 Å². The van der Waals surface area contributed by atoms with Crippen molar-refractivity contribution in [3.63, 3.8) is 0 Å². The Morgan fingerprint density at radius 3 is 2.78 bits per heavy atom. The van der Waals surface area contributed by atoms with Gasteiger partial charge in [-0.2, -0.15) is 15.2 Å². The first-order chi connectivity index (χ1) is 23.6. The summed E-state index contributed by atoms with van der Waals surface area (Å²) in [5.74, 6) is -2.28. The van der Waals surface area contributed by atoms with Crippen LogP contribution < -0.4 is 9.64 Å².